The van der Waals surface area contributed by atoms with Crippen LogP contribution in [0, 0.1) is 23.7 Å². The molecule has 4 aliphatic rings. The van der Waals surface area contributed by atoms with Gasteiger partial charge in [-0.3, -0.25) is 19.2 Å². The Bertz CT molecular complexity index is 1900. The molecule has 14 heteroatoms. The molecular weight excluding hydrogens is 818 g/mol. The lowest BCUT2D eigenvalue weighted by Gasteiger charge is -2.38. The maximum atomic E-state index is 13.2. The van der Waals surface area contributed by atoms with Crippen molar-refractivity contribution in [3.05, 3.63) is 71.8 Å². The molecule has 3 N–H and O–H groups in total. The molecule has 65 heavy (non-hydrogen) atoms. The summed E-state index contributed by atoms with van der Waals surface area (Å²) in [6.07, 6.45) is 6.00. The molecule has 6 unspecified atom stereocenters. The number of rotatable bonds is 11. The predicted octanol–water partition coefficient (Wildman–Crippen LogP) is 7.46. The summed E-state index contributed by atoms with van der Waals surface area (Å²) in [5.74, 6) is -1.12. The molecule has 4 amide bonds. The molecule has 10 atom stereocenters. The maximum Gasteiger partial charge on any atom is 0.223 e. The van der Waals surface area contributed by atoms with E-state index in [2.05, 4.69) is 22.8 Å². The van der Waals surface area contributed by atoms with Crippen LogP contribution >= 0.6 is 0 Å². The highest BCUT2D eigenvalue weighted by Gasteiger charge is 2.52. The minimum Gasteiger partial charge on any atom is -0.393 e. The van der Waals surface area contributed by atoms with Gasteiger partial charge in [-0.25, -0.2) is 0 Å². The standard InChI is InChI=1S/C26H39BN2O4.C25H37BN2O4/c1-25(2,3)28-23(30)20-13-12-19(32-6)15-18(20)16-22-21(14-17-10-8-7-9-11-17)29(24(27)31)26(4,5)33-22;1-24(2,3)27-22(30)19-12-11-18(29)14-17(19)15-21-20(13-16-9-7-6-8-10-16)28(23(26)31)25(4,5)32-21/h7-11,18-22H,12-16H2,1-6H3,(H,28,30);6-10,17-21,29H,11-15H2,1-5H3,(H,27,30)/t18?,19?,20?,21-,22+;17?,18?,19?,20-,21+/m00/s1. The van der Waals surface area contributed by atoms with Crippen LogP contribution < -0.4 is 10.6 Å². The molecule has 2 saturated carbocycles. The molecule has 12 nitrogen and oxygen atoms in total. The van der Waals surface area contributed by atoms with Crippen molar-refractivity contribution < 1.29 is 38.5 Å². The van der Waals surface area contributed by atoms with Crippen LogP contribution in [0.2, 0.25) is 0 Å². The lowest BCUT2D eigenvalue weighted by atomic mass is 9.73. The normalized spacial score (nSPS) is 29.9. The number of aliphatic hydroxyl groups excluding tert-OH is 1. The van der Waals surface area contributed by atoms with E-state index in [1.165, 1.54) is 0 Å². The summed E-state index contributed by atoms with van der Waals surface area (Å²) >= 11 is 0. The van der Waals surface area contributed by atoms with Gasteiger partial charge in [-0.2, -0.15) is 0 Å². The monoisotopic (exact) mass is 895 g/mol. The Morgan fingerprint density at radius 1 is 0.662 bits per heavy atom. The van der Waals surface area contributed by atoms with Crippen molar-refractivity contribution in [2.24, 2.45) is 23.7 Å². The first kappa shape index (κ1) is 52.3. The second-order valence-corrected chi connectivity index (χ2v) is 22.0. The Kier molecular flexibility index (Phi) is 17.3. The number of methoxy groups -OCH3 is 1. The third-order valence-corrected chi connectivity index (χ3v) is 13.6. The summed E-state index contributed by atoms with van der Waals surface area (Å²) in [5, 5.41) is 16.6. The van der Waals surface area contributed by atoms with E-state index in [0.717, 1.165) is 30.4 Å². The number of hydrogen-bond acceptors (Lipinski definition) is 8. The van der Waals surface area contributed by atoms with Crippen LogP contribution in [-0.2, 0) is 36.6 Å². The third-order valence-electron chi connectivity index (χ3n) is 13.6. The topological polar surface area (TPSA) is 147 Å². The van der Waals surface area contributed by atoms with Gasteiger partial charge < -0.3 is 39.8 Å². The van der Waals surface area contributed by atoms with Crippen molar-refractivity contribution in [2.45, 2.75) is 192 Å². The lowest BCUT2D eigenvalue weighted by molar-refractivity contribution is -0.133. The molecule has 2 aromatic rings. The molecule has 2 aromatic carbocycles. The van der Waals surface area contributed by atoms with Crippen LogP contribution in [0.25, 0.3) is 0 Å². The van der Waals surface area contributed by atoms with Gasteiger partial charge in [0.25, 0.3) is 0 Å². The molecule has 2 saturated heterocycles. The van der Waals surface area contributed by atoms with Crippen molar-refractivity contribution in [1.29, 1.82) is 0 Å². The molecule has 0 spiro atoms. The Morgan fingerprint density at radius 2 is 1.05 bits per heavy atom. The first-order chi connectivity index (χ1) is 30.3. The molecule has 0 aromatic heterocycles. The molecule has 2 heterocycles. The van der Waals surface area contributed by atoms with E-state index in [1.54, 1.807) is 16.9 Å². The number of hydrogen-bond donors (Lipinski definition) is 3. The number of benzene rings is 2. The minimum atomic E-state index is -0.841. The van der Waals surface area contributed by atoms with Gasteiger partial charge in [-0.1, -0.05) is 60.7 Å². The van der Waals surface area contributed by atoms with Gasteiger partial charge in [-0.05, 0) is 156 Å². The molecule has 4 fully saturated rings. The molecular formula is C51H76B2N4O8. The van der Waals surface area contributed by atoms with Crippen LogP contribution in [-0.4, -0.2) is 120 Å². The van der Waals surface area contributed by atoms with Crippen LogP contribution in [0.5, 0.6) is 0 Å². The fraction of sp³-hybridized carbons (Fsp3) is 0.686. The summed E-state index contributed by atoms with van der Waals surface area (Å²) < 4.78 is 18.5. The Labute approximate surface area is 391 Å². The van der Waals surface area contributed by atoms with Gasteiger partial charge in [0, 0.05) is 30.0 Å². The summed E-state index contributed by atoms with van der Waals surface area (Å²) in [7, 11) is 13.3. The van der Waals surface area contributed by atoms with Crippen molar-refractivity contribution in [1.82, 2.24) is 20.4 Å². The Hall–Kier alpha value is -3.71. The molecule has 0 bridgehead atoms. The van der Waals surface area contributed by atoms with Crippen molar-refractivity contribution >= 4 is 39.1 Å². The Balaban J connectivity index is 0.000000244. The zero-order valence-corrected chi connectivity index (χ0v) is 41.0. The van der Waals surface area contributed by atoms with Crippen LogP contribution in [0.4, 0.5) is 9.59 Å². The fourth-order valence-corrected chi connectivity index (χ4v) is 11.0. The lowest BCUT2D eigenvalue weighted by Crippen LogP contribution is -2.50. The Morgan fingerprint density at radius 3 is 1.42 bits per heavy atom. The zero-order chi connectivity index (χ0) is 48.1. The van der Waals surface area contributed by atoms with Crippen LogP contribution in [0.1, 0.15) is 132 Å². The van der Waals surface area contributed by atoms with E-state index in [9.17, 15) is 24.3 Å². The van der Waals surface area contributed by atoms with E-state index in [4.69, 9.17) is 29.9 Å². The highest BCUT2D eigenvalue weighted by molar-refractivity contribution is 6.57. The molecule has 2 aliphatic carbocycles. The highest BCUT2D eigenvalue weighted by Crippen LogP contribution is 2.43. The quantitative estimate of drug-likeness (QED) is 0.197. The van der Waals surface area contributed by atoms with Crippen LogP contribution in [0.15, 0.2) is 60.7 Å². The number of nitrogens with one attached hydrogen (secondary N) is 2. The van der Waals surface area contributed by atoms with E-state index in [1.807, 2.05) is 118 Å². The number of carbonyl (C=O) groups is 4. The smallest absolute Gasteiger partial charge is 0.223 e. The van der Waals surface area contributed by atoms with Gasteiger partial charge in [-0.15, -0.1) is 0 Å². The molecule has 4 radical (unpaired) electrons. The average molecular weight is 895 g/mol. The first-order valence-corrected chi connectivity index (χ1v) is 23.7. The second kappa shape index (κ2) is 21.5. The molecule has 2 aliphatic heterocycles. The van der Waals surface area contributed by atoms with E-state index in [-0.39, 0.29) is 77.0 Å². The number of amides is 4. The van der Waals surface area contributed by atoms with E-state index in [0.29, 0.717) is 44.9 Å². The third kappa shape index (κ3) is 14.2. The summed E-state index contributed by atoms with van der Waals surface area (Å²) in [6.45, 7) is 19.4. The SMILES string of the molecule is [B]C(=O)N1[C@@H](Cc2ccccc2)[C@@H](CC2CC(O)CCC2C(=O)NC(C)(C)C)OC1(C)C.[B]C(=O)N1[C@@H](Cc2ccccc2)[C@@H](CC2CC(OC)CCC2C(=O)NC(C)(C)C)OC1(C)C. The van der Waals surface area contributed by atoms with Gasteiger partial charge in [0.1, 0.15) is 11.4 Å². The molecule has 354 valence electrons. The largest absolute Gasteiger partial charge is 0.393 e. The number of ether oxygens (including phenoxy) is 3. The maximum absolute atomic E-state index is 13.2. The highest BCUT2D eigenvalue weighted by atomic mass is 16.5. The van der Waals surface area contributed by atoms with E-state index >= 15 is 0 Å². The predicted molar refractivity (Wildman–Crippen MR) is 255 cm³/mol. The average Bonchev–Trinajstić information content (AvgIpc) is 3.59. The van der Waals surface area contributed by atoms with Gasteiger partial charge in [0.15, 0.2) is 11.6 Å². The summed E-state index contributed by atoms with van der Waals surface area (Å²) in [5.41, 5.74) is -0.0334. The summed E-state index contributed by atoms with van der Waals surface area (Å²) in [4.78, 5) is 54.4. The number of nitrogens with zero attached hydrogens (tertiary/aromatic N) is 2. The minimum absolute atomic E-state index is 0.0259. The van der Waals surface area contributed by atoms with Crippen molar-refractivity contribution in [3.63, 3.8) is 0 Å². The first-order valence-electron chi connectivity index (χ1n) is 23.7. The summed E-state index contributed by atoms with van der Waals surface area (Å²) in [6, 6.07) is 19.6. The van der Waals surface area contributed by atoms with Gasteiger partial charge >= 0.3 is 0 Å². The number of carbonyl (C=O) groups excluding carboxylic acids is 4. The second-order valence-electron chi connectivity index (χ2n) is 22.0. The van der Waals surface area contributed by atoms with Gasteiger partial charge in [0.2, 0.25) is 27.5 Å². The van der Waals surface area contributed by atoms with Crippen molar-refractivity contribution in [2.75, 3.05) is 7.11 Å². The van der Waals surface area contributed by atoms with Crippen molar-refractivity contribution in [3.8, 4) is 0 Å². The van der Waals surface area contributed by atoms with Crippen LogP contribution in [0.3, 0.4) is 0 Å². The zero-order valence-electron chi connectivity index (χ0n) is 41.0. The number of aliphatic hydroxyl groups is 1. The van der Waals surface area contributed by atoms with E-state index < -0.39 is 29.2 Å². The molecule has 6 rings (SSSR count). The fourth-order valence-electron chi connectivity index (χ4n) is 11.0. The van der Waals surface area contributed by atoms with Gasteiger partial charge in [0.05, 0.1) is 36.5 Å².